The predicted molar refractivity (Wildman–Crippen MR) is 90.3 cm³/mol. The van der Waals surface area contributed by atoms with Gasteiger partial charge in [0, 0.05) is 23.9 Å². The van der Waals surface area contributed by atoms with Gasteiger partial charge in [-0.2, -0.15) is 0 Å². The summed E-state index contributed by atoms with van der Waals surface area (Å²) in [4.78, 5) is 13.0. The fraction of sp³-hybridized carbons (Fsp3) is 0.550. The first kappa shape index (κ1) is 14.0. The number of hydrogen-bond donors (Lipinski definition) is 0. The molecule has 22 heavy (non-hydrogen) atoms. The molecule has 2 aliphatic rings. The lowest BCUT2D eigenvalue weighted by atomic mass is 9.65. The van der Waals surface area contributed by atoms with E-state index in [0.717, 1.165) is 12.1 Å². The second-order valence-electron chi connectivity index (χ2n) is 8.29. The lowest BCUT2D eigenvalue weighted by Gasteiger charge is -2.39. The molecule has 2 heteroatoms. The summed E-state index contributed by atoms with van der Waals surface area (Å²) in [5.41, 5.74) is 3.88. The van der Waals surface area contributed by atoms with Crippen LogP contribution in [-0.4, -0.2) is 10.4 Å². The van der Waals surface area contributed by atoms with Gasteiger partial charge in [0.15, 0.2) is 5.78 Å². The van der Waals surface area contributed by atoms with Crippen molar-refractivity contribution in [3.05, 3.63) is 35.5 Å². The van der Waals surface area contributed by atoms with Gasteiger partial charge in [-0.1, -0.05) is 39.0 Å². The molecule has 0 N–H and O–H groups in total. The van der Waals surface area contributed by atoms with Crippen LogP contribution in [0.15, 0.2) is 24.3 Å². The fourth-order valence-electron chi connectivity index (χ4n) is 4.86. The molecule has 0 saturated heterocycles. The van der Waals surface area contributed by atoms with Gasteiger partial charge < -0.3 is 4.57 Å². The van der Waals surface area contributed by atoms with Gasteiger partial charge in [-0.3, -0.25) is 4.79 Å². The molecule has 0 bridgehead atoms. The zero-order valence-electron chi connectivity index (χ0n) is 14.0. The second-order valence-corrected chi connectivity index (χ2v) is 8.29. The van der Waals surface area contributed by atoms with Crippen LogP contribution >= 0.6 is 0 Å². The molecule has 0 radical (unpaired) electrons. The molecule has 0 spiro atoms. The Morgan fingerprint density at radius 3 is 2.55 bits per heavy atom. The number of fused-ring (bicyclic) bond motifs is 5. The summed E-state index contributed by atoms with van der Waals surface area (Å²) in [6.45, 7) is 7.04. The van der Waals surface area contributed by atoms with Crippen LogP contribution < -0.4 is 0 Å². The summed E-state index contributed by atoms with van der Waals surface area (Å²) in [5, 5.41) is 1.30. The van der Waals surface area contributed by atoms with Crippen LogP contribution in [0.5, 0.6) is 0 Å². The van der Waals surface area contributed by atoms with E-state index in [9.17, 15) is 4.79 Å². The van der Waals surface area contributed by atoms with Crippen LogP contribution in [0.3, 0.4) is 0 Å². The molecule has 2 nitrogen and oxygen atoms in total. The number of rotatable bonds is 0. The largest absolute Gasteiger partial charge is 0.341 e. The number of aromatic nitrogens is 1. The number of benzene rings is 1. The third-order valence-corrected chi connectivity index (χ3v) is 6.16. The van der Waals surface area contributed by atoms with E-state index in [2.05, 4.69) is 56.7 Å². The van der Waals surface area contributed by atoms with Crippen LogP contribution in [0.1, 0.15) is 62.0 Å². The monoisotopic (exact) mass is 295 g/mol. The maximum absolute atomic E-state index is 13.0. The van der Waals surface area contributed by atoms with Gasteiger partial charge in [0.25, 0.3) is 0 Å². The van der Waals surface area contributed by atoms with Crippen molar-refractivity contribution in [2.45, 2.75) is 46.0 Å². The highest BCUT2D eigenvalue weighted by Gasteiger charge is 2.47. The third kappa shape index (κ3) is 1.76. The third-order valence-electron chi connectivity index (χ3n) is 6.16. The summed E-state index contributed by atoms with van der Waals surface area (Å²) in [5.74, 6) is 1.78. The lowest BCUT2D eigenvalue weighted by molar-refractivity contribution is 0.0810. The van der Waals surface area contributed by atoms with Crippen LogP contribution in [0.4, 0.5) is 0 Å². The maximum atomic E-state index is 13.0. The number of carbonyl (C=O) groups excluding carboxylic acids is 1. The Balaban J connectivity index is 1.87. The highest BCUT2D eigenvalue weighted by atomic mass is 16.1. The topological polar surface area (TPSA) is 22.0 Å². The molecule has 0 unspecified atom stereocenters. The standard InChI is InChI=1S/C20H25NO/c1-20(2,3)12-9-10-13-15(11-12)17-14-7-5-6-8-16(14)21(4)18(17)19(13)22/h5-8,12-13,15H,9-11H2,1-4H3/t12-,13+,15-/m1/s1. The van der Waals surface area contributed by atoms with Gasteiger partial charge in [-0.15, -0.1) is 0 Å². The minimum atomic E-state index is 0.236. The predicted octanol–water partition coefficient (Wildman–Crippen LogP) is 4.92. The number of hydrogen-bond acceptors (Lipinski definition) is 1. The average Bonchev–Trinajstić information content (AvgIpc) is 2.94. The van der Waals surface area contributed by atoms with Crippen molar-refractivity contribution >= 4 is 16.7 Å². The summed E-state index contributed by atoms with van der Waals surface area (Å²) in [6.07, 6.45) is 3.43. The van der Waals surface area contributed by atoms with Gasteiger partial charge in [0.05, 0.1) is 5.69 Å². The molecule has 2 aliphatic carbocycles. The first-order valence-corrected chi connectivity index (χ1v) is 8.51. The van der Waals surface area contributed by atoms with Gasteiger partial charge in [-0.05, 0) is 48.1 Å². The molecule has 0 amide bonds. The van der Waals surface area contributed by atoms with Gasteiger partial charge >= 0.3 is 0 Å². The van der Waals surface area contributed by atoms with Crippen LogP contribution in [0.25, 0.3) is 10.9 Å². The van der Waals surface area contributed by atoms with Crippen molar-refractivity contribution in [2.75, 3.05) is 0 Å². The lowest BCUT2D eigenvalue weighted by Crippen LogP contribution is -2.30. The molecule has 0 aliphatic heterocycles. The number of nitrogens with zero attached hydrogens (tertiary/aromatic N) is 1. The summed E-state index contributed by atoms with van der Waals surface area (Å²) < 4.78 is 2.14. The van der Waals surface area contributed by atoms with Gasteiger partial charge in [0.2, 0.25) is 0 Å². The van der Waals surface area contributed by atoms with Crippen LogP contribution in [-0.2, 0) is 7.05 Å². The van der Waals surface area contributed by atoms with Crippen molar-refractivity contribution < 1.29 is 4.79 Å². The Morgan fingerprint density at radius 2 is 1.82 bits per heavy atom. The summed E-state index contributed by atoms with van der Waals surface area (Å²) in [6, 6.07) is 8.51. The molecule has 1 aromatic heterocycles. The number of ketones is 1. The molecule has 2 aromatic rings. The Labute approximate surface area is 132 Å². The SMILES string of the molecule is Cn1c2c(c3ccccc31)[C@@H]1C[C@H](C(C)(C)C)CC[C@@H]1C2=O. The molecule has 4 rings (SSSR count). The number of carbonyl (C=O) groups is 1. The molecule has 3 atom stereocenters. The molecule has 1 fully saturated rings. The first-order chi connectivity index (χ1) is 10.4. The molecular weight excluding hydrogens is 270 g/mol. The number of Topliss-reactive ketones (excluding diaryl/α,β-unsaturated/α-hetero) is 1. The van der Waals surface area contributed by atoms with E-state index in [-0.39, 0.29) is 5.92 Å². The minimum Gasteiger partial charge on any atom is -0.341 e. The average molecular weight is 295 g/mol. The number of aryl methyl sites for hydroxylation is 1. The summed E-state index contributed by atoms with van der Waals surface area (Å²) in [7, 11) is 2.05. The van der Waals surface area contributed by atoms with Gasteiger partial charge in [0.1, 0.15) is 0 Å². The van der Waals surface area contributed by atoms with E-state index in [1.54, 1.807) is 0 Å². The smallest absolute Gasteiger partial charge is 0.183 e. The van der Waals surface area contributed by atoms with Crippen LogP contribution in [0.2, 0.25) is 0 Å². The zero-order chi connectivity index (χ0) is 15.6. The number of para-hydroxylation sites is 1. The molecular formula is C20H25NO. The summed E-state index contributed by atoms with van der Waals surface area (Å²) >= 11 is 0. The van der Waals surface area contributed by atoms with E-state index >= 15 is 0 Å². The normalized spacial score (nSPS) is 28.0. The Morgan fingerprint density at radius 1 is 1.09 bits per heavy atom. The van der Waals surface area contributed by atoms with E-state index < -0.39 is 0 Å². The first-order valence-electron chi connectivity index (χ1n) is 8.51. The van der Waals surface area contributed by atoms with Crippen molar-refractivity contribution in [3.8, 4) is 0 Å². The molecule has 1 heterocycles. The van der Waals surface area contributed by atoms with E-state index in [0.29, 0.717) is 23.0 Å². The fourth-order valence-corrected chi connectivity index (χ4v) is 4.86. The quantitative estimate of drug-likeness (QED) is 0.676. The molecule has 116 valence electrons. The van der Waals surface area contributed by atoms with Crippen LogP contribution in [0, 0.1) is 17.3 Å². The van der Waals surface area contributed by atoms with Crippen molar-refractivity contribution in [3.63, 3.8) is 0 Å². The molecule has 1 saturated carbocycles. The van der Waals surface area contributed by atoms with Crippen molar-refractivity contribution in [2.24, 2.45) is 24.3 Å². The Bertz CT molecular complexity index is 762. The van der Waals surface area contributed by atoms with Crippen molar-refractivity contribution in [1.29, 1.82) is 0 Å². The van der Waals surface area contributed by atoms with Gasteiger partial charge in [-0.25, -0.2) is 0 Å². The highest BCUT2D eigenvalue weighted by molar-refractivity contribution is 6.08. The Hall–Kier alpha value is -1.57. The van der Waals surface area contributed by atoms with E-state index in [4.69, 9.17) is 0 Å². The minimum absolute atomic E-state index is 0.236. The zero-order valence-corrected chi connectivity index (χ0v) is 14.0. The molecule has 1 aromatic carbocycles. The van der Waals surface area contributed by atoms with E-state index in [1.165, 1.54) is 29.3 Å². The highest BCUT2D eigenvalue weighted by Crippen LogP contribution is 2.54. The van der Waals surface area contributed by atoms with Crippen molar-refractivity contribution in [1.82, 2.24) is 4.57 Å². The maximum Gasteiger partial charge on any atom is 0.183 e. The Kier molecular flexibility index (Phi) is 2.85. The second kappa shape index (κ2) is 4.47. The van der Waals surface area contributed by atoms with E-state index in [1.807, 2.05) is 0 Å².